The van der Waals surface area contributed by atoms with E-state index in [2.05, 4.69) is 39.2 Å². The Balaban J connectivity index is 2.50. The first-order valence-electron chi connectivity index (χ1n) is 5.06. The van der Waals surface area contributed by atoms with Gasteiger partial charge in [0.05, 0.1) is 0 Å². The van der Waals surface area contributed by atoms with Gasteiger partial charge < -0.3 is 9.73 Å². The molecule has 1 N–H and O–H groups in total. The molecule has 0 saturated carbocycles. The third-order valence-corrected chi connectivity index (χ3v) is 3.47. The molecule has 0 aliphatic heterocycles. The lowest BCUT2D eigenvalue weighted by molar-refractivity contribution is 0.570. The topological polar surface area (TPSA) is 38.1 Å². The summed E-state index contributed by atoms with van der Waals surface area (Å²) in [6.45, 7) is 2.76. The van der Waals surface area contributed by atoms with Gasteiger partial charge in [-0.2, -0.15) is 0 Å². The highest BCUT2D eigenvalue weighted by atomic mass is 79.9. The Morgan fingerprint density at radius 2 is 2.25 bits per heavy atom. The molecule has 0 spiro atoms. The van der Waals surface area contributed by atoms with Crippen molar-refractivity contribution in [2.45, 2.75) is 13.5 Å². The molecule has 3 nitrogen and oxygen atoms in total. The van der Waals surface area contributed by atoms with Gasteiger partial charge in [0.15, 0.2) is 12.2 Å². The molecule has 1 aromatic carbocycles. The number of hydrogen-bond acceptors (Lipinski definition) is 3. The molecule has 0 atom stereocenters. The predicted molar refractivity (Wildman–Crippen MR) is 67.1 cm³/mol. The van der Waals surface area contributed by atoms with Crippen LogP contribution in [0.15, 0.2) is 33.5 Å². The van der Waals surface area contributed by atoms with Gasteiger partial charge in [0.2, 0.25) is 0 Å². The summed E-state index contributed by atoms with van der Waals surface area (Å²) in [6.07, 6.45) is 1.48. The molecule has 2 aromatic rings. The van der Waals surface area contributed by atoms with E-state index in [0.717, 1.165) is 21.5 Å². The zero-order chi connectivity index (χ0) is 11.5. The van der Waals surface area contributed by atoms with E-state index in [4.69, 9.17) is 4.42 Å². The van der Waals surface area contributed by atoms with E-state index < -0.39 is 0 Å². The molecule has 1 aromatic heterocycles. The molecule has 1 heterocycles. The second-order valence-electron chi connectivity index (χ2n) is 3.59. The van der Waals surface area contributed by atoms with E-state index >= 15 is 0 Å². The van der Waals surface area contributed by atoms with Gasteiger partial charge in [0.1, 0.15) is 5.69 Å². The second kappa shape index (κ2) is 4.80. The predicted octanol–water partition coefficient (Wildman–Crippen LogP) is 3.13. The standard InChI is InChI=1S/C12H13BrN2O/c1-8-4-3-5-9(11(8)13)12-10(6-14-2)15-7-16-12/h3-5,7,14H,6H2,1-2H3. The van der Waals surface area contributed by atoms with Crippen LogP contribution in [-0.2, 0) is 6.54 Å². The van der Waals surface area contributed by atoms with Crippen LogP contribution in [0.1, 0.15) is 11.3 Å². The maximum atomic E-state index is 5.46. The number of aryl methyl sites for hydroxylation is 1. The largest absolute Gasteiger partial charge is 0.443 e. The summed E-state index contributed by atoms with van der Waals surface area (Å²) in [5, 5.41) is 3.08. The average molecular weight is 281 g/mol. The highest BCUT2D eigenvalue weighted by Gasteiger charge is 2.13. The maximum Gasteiger partial charge on any atom is 0.181 e. The number of benzene rings is 1. The fourth-order valence-corrected chi connectivity index (χ4v) is 2.05. The number of oxazole rings is 1. The molecular weight excluding hydrogens is 268 g/mol. The Kier molecular flexibility index (Phi) is 3.41. The van der Waals surface area contributed by atoms with E-state index in [1.54, 1.807) is 0 Å². The number of halogens is 1. The zero-order valence-electron chi connectivity index (χ0n) is 9.25. The minimum Gasteiger partial charge on any atom is -0.443 e. The molecule has 16 heavy (non-hydrogen) atoms. The first kappa shape index (κ1) is 11.4. The lowest BCUT2D eigenvalue weighted by atomic mass is 10.1. The lowest BCUT2D eigenvalue weighted by Gasteiger charge is -2.05. The Morgan fingerprint density at radius 3 is 3.00 bits per heavy atom. The molecule has 0 radical (unpaired) electrons. The number of hydrogen-bond donors (Lipinski definition) is 1. The van der Waals surface area contributed by atoms with Crippen molar-refractivity contribution in [1.82, 2.24) is 10.3 Å². The average Bonchev–Trinajstić information content (AvgIpc) is 2.71. The van der Waals surface area contributed by atoms with E-state index in [9.17, 15) is 0 Å². The second-order valence-corrected chi connectivity index (χ2v) is 4.39. The summed E-state index contributed by atoms with van der Waals surface area (Å²) in [6, 6.07) is 6.10. The Hall–Kier alpha value is -1.13. The monoisotopic (exact) mass is 280 g/mol. The zero-order valence-corrected chi connectivity index (χ0v) is 10.8. The van der Waals surface area contributed by atoms with Crippen molar-refractivity contribution in [3.05, 3.63) is 40.3 Å². The van der Waals surface area contributed by atoms with Crippen LogP contribution in [0, 0.1) is 6.92 Å². The van der Waals surface area contributed by atoms with Gasteiger partial charge in [-0.15, -0.1) is 0 Å². The molecule has 0 fully saturated rings. The van der Waals surface area contributed by atoms with Gasteiger partial charge in [0, 0.05) is 16.6 Å². The third-order valence-electron chi connectivity index (χ3n) is 2.42. The number of nitrogens with zero attached hydrogens (tertiary/aromatic N) is 1. The normalized spacial score (nSPS) is 10.7. The Morgan fingerprint density at radius 1 is 1.44 bits per heavy atom. The SMILES string of the molecule is CNCc1ncoc1-c1cccc(C)c1Br. The van der Waals surface area contributed by atoms with Crippen molar-refractivity contribution in [3.63, 3.8) is 0 Å². The smallest absolute Gasteiger partial charge is 0.181 e. The maximum absolute atomic E-state index is 5.46. The first-order chi connectivity index (χ1) is 7.74. The highest BCUT2D eigenvalue weighted by molar-refractivity contribution is 9.10. The molecular formula is C12H13BrN2O. The lowest BCUT2D eigenvalue weighted by Crippen LogP contribution is -2.06. The summed E-state index contributed by atoms with van der Waals surface area (Å²) in [7, 11) is 1.89. The molecule has 84 valence electrons. The van der Waals surface area contributed by atoms with Gasteiger partial charge in [-0.05, 0) is 35.5 Å². The van der Waals surface area contributed by atoms with Crippen LogP contribution >= 0.6 is 15.9 Å². The van der Waals surface area contributed by atoms with Crippen LogP contribution in [0.25, 0.3) is 11.3 Å². The van der Waals surface area contributed by atoms with E-state index in [-0.39, 0.29) is 0 Å². The molecule has 0 aliphatic carbocycles. The minimum atomic E-state index is 0.701. The first-order valence-corrected chi connectivity index (χ1v) is 5.85. The highest BCUT2D eigenvalue weighted by Crippen LogP contribution is 2.32. The Bertz CT molecular complexity index is 494. The van der Waals surface area contributed by atoms with E-state index in [1.165, 1.54) is 12.0 Å². The van der Waals surface area contributed by atoms with Crippen molar-refractivity contribution < 1.29 is 4.42 Å². The fourth-order valence-electron chi connectivity index (χ4n) is 1.60. The molecule has 2 rings (SSSR count). The third kappa shape index (κ3) is 2.03. The number of nitrogens with one attached hydrogen (secondary N) is 1. The van der Waals surface area contributed by atoms with Gasteiger partial charge in [-0.3, -0.25) is 0 Å². The fraction of sp³-hybridized carbons (Fsp3) is 0.250. The molecule has 0 aliphatic rings. The van der Waals surface area contributed by atoms with Crippen LogP contribution in [0.5, 0.6) is 0 Å². The summed E-state index contributed by atoms with van der Waals surface area (Å²) < 4.78 is 6.52. The minimum absolute atomic E-state index is 0.701. The van der Waals surface area contributed by atoms with Gasteiger partial charge in [-0.25, -0.2) is 4.98 Å². The molecule has 0 amide bonds. The molecule has 0 unspecified atom stereocenters. The summed E-state index contributed by atoms with van der Waals surface area (Å²) in [4.78, 5) is 4.20. The van der Waals surface area contributed by atoms with Gasteiger partial charge in [-0.1, -0.05) is 18.2 Å². The summed E-state index contributed by atoms with van der Waals surface area (Å²) >= 11 is 3.58. The van der Waals surface area contributed by atoms with Gasteiger partial charge in [0.25, 0.3) is 0 Å². The molecule has 0 saturated heterocycles. The Labute approximate surface area is 103 Å². The van der Waals surface area contributed by atoms with Crippen LogP contribution in [0.2, 0.25) is 0 Å². The number of rotatable bonds is 3. The van der Waals surface area contributed by atoms with Crippen LogP contribution in [-0.4, -0.2) is 12.0 Å². The van der Waals surface area contributed by atoms with Crippen molar-refractivity contribution in [1.29, 1.82) is 0 Å². The van der Waals surface area contributed by atoms with Crippen molar-refractivity contribution in [2.75, 3.05) is 7.05 Å². The van der Waals surface area contributed by atoms with E-state index in [0.29, 0.717) is 6.54 Å². The molecule has 4 heteroatoms. The van der Waals surface area contributed by atoms with Crippen molar-refractivity contribution >= 4 is 15.9 Å². The van der Waals surface area contributed by atoms with E-state index in [1.807, 2.05) is 19.2 Å². The van der Waals surface area contributed by atoms with Crippen LogP contribution in [0.3, 0.4) is 0 Å². The van der Waals surface area contributed by atoms with Crippen LogP contribution in [0.4, 0.5) is 0 Å². The van der Waals surface area contributed by atoms with Gasteiger partial charge >= 0.3 is 0 Å². The number of aromatic nitrogens is 1. The van der Waals surface area contributed by atoms with Crippen molar-refractivity contribution in [2.24, 2.45) is 0 Å². The van der Waals surface area contributed by atoms with Crippen LogP contribution < -0.4 is 5.32 Å². The molecule has 0 bridgehead atoms. The van der Waals surface area contributed by atoms with Crippen molar-refractivity contribution in [3.8, 4) is 11.3 Å². The quantitative estimate of drug-likeness (QED) is 0.939. The summed E-state index contributed by atoms with van der Waals surface area (Å²) in [5.74, 6) is 0.824. The summed E-state index contributed by atoms with van der Waals surface area (Å²) in [5.41, 5.74) is 3.15.